The highest BCUT2D eigenvalue weighted by Crippen LogP contribution is 2.34. The summed E-state index contributed by atoms with van der Waals surface area (Å²) in [7, 11) is 0. The molecule has 1 N–H and O–H groups in total. The van der Waals surface area contributed by atoms with Crippen LogP contribution in [0.25, 0.3) is 10.9 Å². The van der Waals surface area contributed by atoms with E-state index in [1.54, 1.807) is 17.0 Å². The van der Waals surface area contributed by atoms with Crippen LogP contribution in [0.5, 0.6) is 5.75 Å². The molecule has 3 fully saturated rings. The summed E-state index contributed by atoms with van der Waals surface area (Å²) in [6.45, 7) is 8.34. The zero-order chi connectivity index (χ0) is 31.9. The fourth-order valence-corrected chi connectivity index (χ4v) is 7.66. The number of carbonyl (C=O) groups excluding carboxylic acids is 3. The second-order valence-electron chi connectivity index (χ2n) is 13.7. The van der Waals surface area contributed by atoms with Crippen LogP contribution in [0.15, 0.2) is 42.5 Å². The number of hydrogen-bond donors (Lipinski definition) is 1. The summed E-state index contributed by atoms with van der Waals surface area (Å²) >= 11 is 0. The molecule has 0 saturated carbocycles. The largest absolute Gasteiger partial charge is 0.489 e. The van der Waals surface area contributed by atoms with E-state index in [2.05, 4.69) is 30.1 Å². The molecule has 4 aliphatic heterocycles. The van der Waals surface area contributed by atoms with Gasteiger partial charge in [-0.15, -0.1) is 0 Å². The van der Waals surface area contributed by atoms with E-state index in [0.29, 0.717) is 60.6 Å². The van der Waals surface area contributed by atoms with Gasteiger partial charge in [0.1, 0.15) is 29.2 Å². The van der Waals surface area contributed by atoms with Gasteiger partial charge in [0, 0.05) is 74.3 Å². The lowest BCUT2D eigenvalue weighted by atomic mass is 9.94. The third kappa shape index (κ3) is 6.25. The monoisotopic (exact) mass is 628 g/mol. The van der Waals surface area contributed by atoms with E-state index in [1.807, 2.05) is 24.3 Å². The maximum absolute atomic E-state index is 15.4. The summed E-state index contributed by atoms with van der Waals surface area (Å²) < 4.78 is 27.5. The van der Waals surface area contributed by atoms with E-state index in [9.17, 15) is 14.4 Å². The number of ether oxygens (including phenoxy) is 2. The number of likely N-dealkylation sites (tertiary alicyclic amines) is 1. The average Bonchev–Trinajstić information content (AvgIpc) is 3.55. The van der Waals surface area contributed by atoms with Crippen LogP contribution in [0.1, 0.15) is 79.0 Å². The Hall–Kier alpha value is -3.89. The van der Waals surface area contributed by atoms with Crippen LogP contribution in [0.3, 0.4) is 0 Å². The first-order valence-corrected chi connectivity index (χ1v) is 16.5. The maximum atomic E-state index is 15.4. The quantitative estimate of drug-likeness (QED) is 0.352. The third-order valence-corrected chi connectivity index (χ3v) is 9.89. The summed E-state index contributed by atoms with van der Waals surface area (Å²) in [6, 6.07) is 12.6. The zero-order valence-corrected chi connectivity index (χ0v) is 26.5. The number of nitrogens with one attached hydrogen (secondary N) is 1. The Bertz CT molecular complexity index is 1670. The fourth-order valence-electron chi connectivity index (χ4n) is 7.66. The minimum absolute atomic E-state index is 0.0576. The Labute approximate surface area is 268 Å². The highest BCUT2D eigenvalue weighted by Gasteiger charge is 2.40. The number of rotatable bonds is 8. The number of pyridine rings is 1. The molecule has 9 nitrogen and oxygen atoms in total. The predicted molar refractivity (Wildman–Crippen MR) is 170 cm³/mol. The third-order valence-electron chi connectivity index (χ3n) is 9.89. The van der Waals surface area contributed by atoms with E-state index in [0.717, 1.165) is 61.2 Å². The highest BCUT2D eigenvalue weighted by atomic mass is 19.1. The second kappa shape index (κ2) is 12.7. The lowest BCUT2D eigenvalue weighted by Gasteiger charge is -2.29. The maximum Gasteiger partial charge on any atom is 0.255 e. The molecule has 0 aliphatic carbocycles. The van der Waals surface area contributed by atoms with Crippen molar-refractivity contribution in [3.05, 3.63) is 70.7 Å². The molecule has 0 spiro atoms. The van der Waals surface area contributed by atoms with E-state index < -0.39 is 11.9 Å². The molecule has 0 unspecified atom stereocenters. The molecule has 46 heavy (non-hydrogen) atoms. The van der Waals surface area contributed by atoms with Crippen molar-refractivity contribution in [2.75, 3.05) is 26.3 Å². The van der Waals surface area contributed by atoms with Gasteiger partial charge in [-0.2, -0.15) is 0 Å². The summed E-state index contributed by atoms with van der Waals surface area (Å²) in [4.78, 5) is 45.8. The minimum atomic E-state index is -0.648. The van der Waals surface area contributed by atoms with E-state index in [4.69, 9.17) is 14.5 Å². The van der Waals surface area contributed by atoms with Gasteiger partial charge in [-0.3, -0.25) is 24.6 Å². The summed E-state index contributed by atoms with van der Waals surface area (Å²) in [5.74, 6) is 0.592. The number of amides is 3. The van der Waals surface area contributed by atoms with Gasteiger partial charge in [0.25, 0.3) is 5.91 Å². The van der Waals surface area contributed by atoms with Gasteiger partial charge in [0.15, 0.2) is 0 Å². The first-order chi connectivity index (χ1) is 22.2. The molecule has 2 aromatic carbocycles. The standard InChI is InChI=1S/C36H41FN4O5/c1-21(2)13-26-18-40(17-22-14-24-3-6-30(23-9-11-45-12-10-23)38-34(24)29(37)15-22)20-32(26)46-27-4-5-28-25(16-27)19-41(36(28)44)31-7-8-33(42)39-35(31)43/h3-6,14-16,21,23,26,31-32H,7-13,17-20H2,1-2H3,(H,39,42,43)/t26-,31+,32-/m1/s1. The number of halogens is 1. The van der Waals surface area contributed by atoms with Crippen molar-refractivity contribution >= 4 is 28.6 Å². The normalized spacial score (nSPS) is 24.2. The van der Waals surface area contributed by atoms with Gasteiger partial charge >= 0.3 is 0 Å². The van der Waals surface area contributed by atoms with E-state index in [-0.39, 0.29) is 30.2 Å². The number of nitrogens with zero attached hydrogens (tertiary/aromatic N) is 3. The number of benzene rings is 2. The minimum Gasteiger partial charge on any atom is -0.489 e. The Morgan fingerprint density at radius 3 is 2.65 bits per heavy atom. The predicted octanol–water partition coefficient (Wildman–Crippen LogP) is 4.95. The number of piperidine rings is 1. The van der Waals surface area contributed by atoms with Crippen molar-refractivity contribution in [3.63, 3.8) is 0 Å². The van der Waals surface area contributed by atoms with Gasteiger partial charge in [-0.05, 0) is 79.1 Å². The van der Waals surface area contributed by atoms with E-state index in [1.165, 1.54) is 0 Å². The zero-order valence-electron chi connectivity index (χ0n) is 26.5. The first-order valence-electron chi connectivity index (χ1n) is 16.5. The Balaban J connectivity index is 1.04. The smallest absolute Gasteiger partial charge is 0.255 e. The Kier molecular flexibility index (Phi) is 8.50. The van der Waals surface area contributed by atoms with Crippen LogP contribution in [-0.2, 0) is 27.4 Å². The Morgan fingerprint density at radius 2 is 1.87 bits per heavy atom. The summed E-state index contributed by atoms with van der Waals surface area (Å²) in [6.07, 6.45) is 3.32. The van der Waals surface area contributed by atoms with Crippen molar-refractivity contribution in [2.24, 2.45) is 11.8 Å². The van der Waals surface area contributed by atoms with Gasteiger partial charge in [-0.25, -0.2) is 9.37 Å². The van der Waals surface area contributed by atoms with Gasteiger partial charge in [-0.1, -0.05) is 19.9 Å². The van der Waals surface area contributed by atoms with Crippen molar-refractivity contribution in [1.82, 2.24) is 20.1 Å². The van der Waals surface area contributed by atoms with Gasteiger partial charge < -0.3 is 14.4 Å². The molecule has 7 rings (SSSR count). The van der Waals surface area contributed by atoms with Crippen LogP contribution in [0.2, 0.25) is 0 Å². The molecule has 1 aromatic heterocycles. The molecular weight excluding hydrogens is 587 g/mol. The number of hydrogen-bond acceptors (Lipinski definition) is 7. The SMILES string of the molecule is CC(C)C[C@@H]1CN(Cc2cc(F)c3nc(C4CCOCC4)ccc3c2)C[C@H]1Oc1ccc2c(c1)CN([C@H]1CCC(=O)NC1=O)C2=O. The molecule has 0 bridgehead atoms. The molecule has 4 aliphatic rings. The van der Waals surface area contributed by atoms with Gasteiger partial charge in [0.05, 0.1) is 0 Å². The molecular formula is C36H41FN4O5. The van der Waals surface area contributed by atoms with Crippen LogP contribution in [0.4, 0.5) is 4.39 Å². The fraction of sp³-hybridized carbons (Fsp3) is 0.500. The molecule has 3 aromatic rings. The summed E-state index contributed by atoms with van der Waals surface area (Å²) in [5.41, 5.74) is 3.68. The lowest BCUT2D eigenvalue weighted by Crippen LogP contribution is -2.52. The topological polar surface area (TPSA) is 101 Å². The molecule has 3 amide bonds. The summed E-state index contributed by atoms with van der Waals surface area (Å²) in [5, 5.41) is 3.17. The number of imide groups is 1. The average molecular weight is 629 g/mol. The molecule has 0 radical (unpaired) electrons. The van der Waals surface area contributed by atoms with Crippen molar-refractivity contribution in [3.8, 4) is 5.75 Å². The van der Waals surface area contributed by atoms with Crippen molar-refractivity contribution in [2.45, 2.75) is 77.1 Å². The molecule has 10 heteroatoms. The number of fused-ring (bicyclic) bond motifs is 2. The van der Waals surface area contributed by atoms with Crippen LogP contribution in [0, 0.1) is 17.7 Å². The van der Waals surface area contributed by atoms with Gasteiger partial charge in [0.2, 0.25) is 11.8 Å². The number of carbonyl (C=O) groups is 3. The molecule has 242 valence electrons. The second-order valence-corrected chi connectivity index (χ2v) is 13.7. The van der Waals surface area contributed by atoms with E-state index >= 15 is 4.39 Å². The molecule has 3 atom stereocenters. The number of aromatic nitrogens is 1. The molecule has 3 saturated heterocycles. The molecule has 5 heterocycles. The highest BCUT2D eigenvalue weighted by molar-refractivity contribution is 6.05. The lowest BCUT2D eigenvalue weighted by molar-refractivity contribution is -0.136. The first kappa shape index (κ1) is 30.7. The Morgan fingerprint density at radius 1 is 1.04 bits per heavy atom. The van der Waals surface area contributed by atoms with Crippen LogP contribution in [-0.4, -0.2) is 71.0 Å². The van der Waals surface area contributed by atoms with Crippen LogP contribution < -0.4 is 10.1 Å². The van der Waals surface area contributed by atoms with Crippen molar-refractivity contribution in [1.29, 1.82) is 0 Å². The van der Waals surface area contributed by atoms with Crippen LogP contribution >= 0.6 is 0 Å². The van der Waals surface area contributed by atoms with Crippen molar-refractivity contribution < 1.29 is 28.2 Å².